The number of hydrogen-bond acceptors (Lipinski definition) is 2. The molecule has 0 spiro atoms. The molecule has 2 nitrogen and oxygen atoms in total. The van der Waals surface area contributed by atoms with Crippen LogP contribution in [-0.2, 0) is 6.42 Å². The zero-order valence-electron chi connectivity index (χ0n) is 10.7. The van der Waals surface area contributed by atoms with Crippen molar-refractivity contribution < 1.29 is 9.53 Å². The first-order chi connectivity index (χ1) is 9.20. The Morgan fingerprint density at radius 2 is 1.89 bits per heavy atom. The molecule has 2 aromatic rings. The van der Waals surface area contributed by atoms with Crippen LogP contribution in [0.3, 0.4) is 0 Å². The predicted octanol–water partition coefficient (Wildman–Crippen LogP) is 4.27. The van der Waals surface area contributed by atoms with Crippen LogP contribution in [0.2, 0.25) is 0 Å². The van der Waals surface area contributed by atoms with Crippen molar-refractivity contribution in [1.29, 1.82) is 0 Å². The van der Waals surface area contributed by atoms with Crippen molar-refractivity contribution >= 4 is 21.7 Å². The number of carbonyl (C=O) groups excluding carboxylic acids is 1. The van der Waals surface area contributed by atoms with Crippen LogP contribution in [0.4, 0.5) is 0 Å². The smallest absolute Gasteiger partial charge is 0.168 e. The Balaban J connectivity index is 2.21. The summed E-state index contributed by atoms with van der Waals surface area (Å²) in [6, 6.07) is 15.2. The van der Waals surface area contributed by atoms with E-state index in [1.807, 2.05) is 49.4 Å². The van der Waals surface area contributed by atoms with Gasteiger partial charge in [-0.3, -0.25) is 4.79 Å². The predicted molar refractivity (Wildman–Crippen MR) is 79.8 cm³/mol. The molecular formula is C16H15BrO2. The third-order valence-corrected chi connectivity index (χ3v) is 3.45. The Morgan fingerprint density at radius 3 is 2.58 bits per heavy atom. The highest BCUT2D eigenvalue weighted by Crippen LogP contribution is 2.24. The molecule has 0 saturated carbocycles. The van der Waals surface area contributed by atoms with Gasteiger partial charge in [-0.05, 0) is 30.7 Å². The molecule has 0 fully saturated rings. The molecule has 0 aliphatic rings. The maximum atomic E-state index is 12.3. The molecule has 0 N–H and O–H groups in total. The van der Waals surface area contributed by atoms with Gasteiger partial charge >= 0.3 is 0 Å². The van der Waals surface area contributed by atoms with Crippen LogP contribution in [0.25, 0.3) is 0 Å². The first-order valence-electron chi connectivity index (χ1n) is 6.20. The van der Waals surface area contributed by atoms with Crippen LogP contribution >= 0.6 is 15.9 Å². The van der Waals surface area contributed by atoms with E-state index in [-0.39, 0.29) is 5.78 Å². The molecule has 19 heavy (non-hydrogen) atoms. The summed E-state index contributed by atoms with van der Waals surface area (Å²) in [6.45, 7) is 2.52. The molecule has 0 bridgehead atoms. The number of ketones is 1. The molecule has 0 unspecified atom stereocenters. The Labute approximate surface area is 121 Å². The third-order valence-electron chi connectivity index (χ3n) is 2.76. The van der Waals surface area contributed by atoms with Crippen LogP contribution in [0.5, 0.6) is 5.75 Å². The van der Waals surface area contributed by atoms with Crippen LogP contribution in [0, 0.1) is 0 Å². The fourth-order valence-corrected chi connectivity index (χ4v) is 2.32. The molecule has 0 aliphatic heterocycles. The van der Waals surface area contributed by atoms with Crippen molar-refractivity contribution in [2.45, 2.75) is 13.3 Å². The monoisotopic (exact) mass is 318 g/mol. The molecule has 2 aromatic carbocycles. The lowest BCUT2D eigenvalue weighted by atomic mass is 10.0. The van der Waals surface area contributed by atoms with Gasteiger partial charge in [0.2, 0.25) is 0 Å². The SMILES string of the molecule is CCOc1ccc(Br)c(C(=O)Cc2ccccc2)c1. The summed E-state index contributed by atoms with van der Waals surface area (Å²) >= 11 is 3.42. The number of hydrogen-bond donors (Lipinski definition) is 0. The van der Waals surface area contributed by atoms with Gasteiger partial charge in [-0.15, -0.1) is 0 Å². The molecular weight excluding hydrogens is 304 g/mol. The van der Waals surface area contributed by atoms with Crippen molar-refractivity contribution in [1.82, 2.24) is 0 Å². The first kappa shape index (κ1) is 13.8. The van der Waals surface area contributed by atoms with Gasteiger partial charge in [0.15, 0.2) is 5.78 Å². The van der Waals surface area contributed by atoms with E-state index in [0.717, 1.165) is 15.8 Å². The number of carbonyl (C=O) groups is 1. The number of halogens is 1. The van der Waals surface area contributed by atoms with Gasteiger partial charge in [0, 0.05) is 16.5 Å². The lowest BCUT2D eigenvalue weighted by molar-refractivity contribution is 0.0992. The molecule has 0 aromatic heterocycles. The highest BCUT2D eigenvalue weighted by atomic mass is 79.9. The molecule has 0 aliphatic carbocycles. The summed E-state index contributed by atoms with van der Waals surface area (Å²) in [5.74, 6) is 0.807. The minimum Gasteiger partial charge on any atom is -0.494 e. The highest BCUT2D eigenvalue weighted by Gasteiger charge is 2.12. The first-order valence-corrected chi connectivity index (χ1v) is 6.99. The van der Waals surface area contributed by atoms with Crippen LogP contribution in [-0.4, -0.2) is 12.4 Å². The number of benzene rings is 2. The number of rotatable bonds is 5. The number of ether oxygens (including phenoxy) is 1. The zero-order chi connectivity index (χ0) is 13.7. The van der Waals surface area contributed by atoms with E-state index in [2.05, 4.69) is 15.9 Å². The van der Waals surface area contributed by atoms with Gasteiger partial charge in [0.25, 0.3) is 0 Å². The van der Waals surface area contributed by atoms with E-state index < -0.39 is 0 Å². The van der Waals surface area contributed by atoms with E-state index in [0.29, 0.717) is 18.6 Å². The average Bonchev–Trinajstić information content (AvgIpc) is 2.42. The molecule has 0 heterocycles. The van der Waals surface area contributed by atoms with Crippen molar-refractivity contribution in [2.75, 3.05) is 6.61 Å². The minimum atomic E-state index is 0.0830. The second kappa shape index (κ2) is 6.53. The van der Waals surface area contributed by atoms with Gasteiger partial charge in [-0.25, -0.2) is 0 Å². The molecule has 0 amide bonds. The van der Waals surface area contributed by atoms with Gasteiger partial charge in [0.05, 0.1) is 6.61 Å². The second-order valence-corrected chi connectivity index (χ2v) is 5.01. The second-order valence-electron chi connectivity index (χ2n) is 4.16. The standard InChI is InChI=1S/C16H15BrO2/c1-2-19-13-8-9-15(17)14(11-13)16(18)10-12-6-4-3-5-7-12/h3-9,11H,2,10H2,1H3. The van der Waals surface area contributed by atoms with Crippen molar-refractivity contribution in [3.05, 3.63) is 64.1 Å². The Hall–Kier alpha value is -1.61. The summed E-state index contributed by atoms with van der Waals surface area (Å²) in [4.78, 5) is 12.3. The van der Waals surface area contributed by atoms with Gasteiger partial charge in [0.1, 0.15) is 5.75 Å². The fourth-order valence-electron chi connectivity index (χ4n) is 1.85. The van der Waals surface area contributed by atoms with Gasteiger partial charge in [-0.1, -0.05) is 46.3 Å². The van der Waals surface area contributed by atoms with E-state index in [4.69, 9.17) is 4.74 Å². The van der Waals surface area contributed by atoms with E-state index in [9.17, 15) is 4.79 Å². The summed E-state index contributed by atoms with van der Waals surface area (Å²) < 4.78 is 6.23. The third kappa shape index (κ3) is 3.67. The largest absolute Gasteiger partial charge is 0.494 e. The maximum absolute atomic E-state index is 12.3. The van der Waals surface area contributed by atoms with E-state index in [1.165, 1.54) is 0 Å². The summed E-state index contributed by atoms with van der Waals surface area (Å²) in [5, 5.41) is 0. The average molecular weight is 319 g/mol. The molecule has 0 radical (unpaired) electrons. The lowest BCUT2D eigenvalue weighted by Gasteiger charge is -2.08. The minimum absolute atomic E-state index is 0.0830. The normalized spacial score (nSPS) is 10.2. The highest BCUT2D eigenvalue weighted by molar-refractivity contribution is 9.10. The van der Waals surface area contributed by atoms with Crippen molar-refractivity contribution in [2.24, 2.45) is 0 Å². The number of Topliss-reactive ketones (excluding diaryl/α,β-unsaturated/α-hetero) is 1. The topological polar surface area (TPSA) is 26.3 Å². The maximum Gasteiger partial charge on any atom is 0.168 e. The molecule has 3 heteroatoms. The van der Waals surface area contributed by atoms with Crippen LogP contribution in [0.1, 0.15) is 22.8 Å². The van der Waals surface area contributed by atoms with Gasteiger partial charge in [-0.2, -0.15) is 0 Å². The summed E-state index contributed by atoms with van der Waals surface area (Å²) in [5.41, 5.74) is 1.68. The zero-order valence-corrected chi connectivity index (χ0v) is 12.3. The quantitative estimate of drug-likeness (QED) is 0.769. The Morgan fingerprint density at radius 1 is 1.16 bits per heavy atom. The van der Waals surface area contributed by atoms with E-state index in [1.54, 1.807) is 6.07 Å². The fraction of sp³-hybridized carbons (Fsp3) is 0.188. The molecule has 2 rings (SSSR count). The molecule has 0 saturated heterocycles. The van der Waals surface area contributed by atoms with Gasteiger partial charge < -0.3 is 4.74 Å². The van der Waals surface area contributed by atoms with Crippen LogP contribution < -0.4 is 4.74 Å². The summed E-state index contributed by atoms with van der Waals surface area (Å²) in [7, 11) is 0. The Bertz CT molecular complexity index is 564. The van der Waals surface area contributed by atoms with Crippen molar-refractivity contribution in [3.8, 4) is 5.75 Å². The lowest BCUT2D eigenvalue weighted by Crippen LogP contribution is -2.05. The Kier molecular flexibility index (Phi) is 4.74. The molecule has 98 valence electrons. The summed E-state index contributed by atoms with van der Waals surface area (Å²) in [6.07, 6.45) is 0.398. The molecule has 0 atom stereocenters. The van der Waals surface area contributed by atoms with E-state index >= 15 is 0 Å². The van der Waals surface area contributed by atoms with Crippen LogP contribution in [0.15, 0.2) is 53.0 Å². The van der Waals surface area contributed by atoms with Crippen molar-refractivity contribution in [3.63, 3.8) is 0 Å².